The average Bonchev–Trinajstić information content (AvgIpc) is 2.61. The molecule has 0 radical (unpaired) electrons. The summed E-state index contributed by atoms with van der Waals surface area (Å²) in [7, 11) is 0. The molecule has 0 spiro atoms. The molecule has 2 amide bonds. The third-order valence-corrected chi connectivity index (χ3v) is 3.74. The molecule has 8 nitrogen and oxygen atoms in total. The molecule has 0 saturated heterocycles. The summed E-state index contributed by atoms with van der Waals surface area (Å²) in [6.07, 6.45) is 0. The van der Waals surface area contributed by atoms with Crippen molar-refractivity contribution in [1.29, 1.82) is 0 Å². The topological polar surface area (TPSA) is 111 Å². The molecule has 2 N–H and O–H groups in total. The van der Waals surface area contributed by atoms with Crippen LogP contribution in [0.5, 0.6) is 5.75 Å². The third kappa shape index (κ3) is 5.65. The Kier molecular flexibility index (Phi) is 6.89. The van der Waals surface area contributed by atoms with E-state index >= 15 is 0 Å². The van der Waals surface area contributed by atoms with Gasteiger partial charge in [0.15, 0.2) is 6.61 Å². The van der Waals surface area contributed by atoms with E-state index in [1.165, 1.54) is 24.3 Å². The number of nitrogens with zero attached hydrogens (tertiary/aromatic N) is 1. The number of hydrogen-bond acceptors (Lipinski definition) is 5. The van der Waals surface area contributed by atoms with Crippen molar-refractivity contribution in [2.24, 2.45) is 0 Å². The van der Waals surface area contributed by atoms with Crippen LogP contribution in [0.4, 0.5) is 15.8 Å². The van der Waals surface area contributed by atoms with Gasteiger partial charge < -0.3 is 15.4 Å². The molecule has 0 heterocycles. The summed E-state index contributed by atoms with van der Waals surface area (Å²) in [5.74, 6) is -2.05. The van der Waals surface area contributed by atoms with Crippen molar-refractivity contribution in [2.45, 2.75) is 19.9 Å². The Bertz CT molecular complexity index is 920. The van der Waals surface area contributed by atoms with Gasteiger partial charge in [0, 0.05) is 23.7 Å². The molecule has 0 aromatic heterocycles. The van der Waals surface area contributed by atoms with Crippen LogP contribution in [0.25, 0.3) is 0 Å². The number of nitro groups is 1. The van der Waals surface area contributed by atoms with Crippen LogP contribution in [0.2, 0.25) is 5.02 Å². The number of amides is 2. The van der Waals surface area contributed by atoms with Crippen molar-refractivity contribution in [1.82, 2.24) is 5.32 Å². The molecule has 0 aliphatic carbocycles. The van der Waals surface area contributed by atoms with Gasteiger partial charge in [-0.1, -0.05) is 11.6 Å². The highest BCUT2D eigenvalue weighted by atomic mass is 35.5. The van der Waals surface area contributed by atoms with Crippen molar-refractivity contribution in [3.8, 4) is 5.75 Å². The largest absolute Gasteiger partial charge is 0.484 e. The van der Waals surface area contributed by atoms with E-state index in [-0.39, 0.29) is 28.4 Å². The standard InChI is InChI=1S/C18H17ClFN3O5/c1-10(2)21-18(25)11-3-5-13(19)15(7-11)22-17(24)9-28-12-4-6-16(23(26)27)14(20)8-12/h3-8,10H,9H2,1-2H3,(H,21,25)(H,22,24). The van der Waals surface area contributed by atoms with E-state index in [4.69, 9.17) is 16.3 Å². The second-order valence-corrected chi connectivity index (χ2v) is 6.44. The number of anilines is 1. The highest BCUT2D eigenvalue weighted by Gasteiger charge is 2.16. The molecule has 28 heavy (non-hydrogen) atoms. The number of hydrogen-bond donors (Lipinski definition) is 2. The number of nitro benzene ring substituents is 1. The molecular weight excluding hydrogens is 393 g/mol. The maximum atomic E-state index is 13.6. The van der Waals surface area contributed by atoms with E-state index in [2.05, 4.69) is 10.6 Å². The molecule has 2 aromatic rings. The minimum Gasteiger partial charge on any atom is -0.484 e. The molecule has 0 aliphatic heterocycles. The fourth-order valence-corrected chi connectivity index (χ4v) is 2.33. The van der Waals surface area contributed by atoms with Gasteiger partial charge in [-0.25, -0.2) is 0 Å². The lowest BCUT2D eigenvalue weighted by molar-refractivity contribution is -0.387. The zero-order valence-corrected chi connectivity index (χ0v) is 15.7. The van der Waals surface area contributed by atoms with Crippen LogP contribution in [0.1, 0.15) is 24.2 Å². The number of carbonyl (C=O) groups is 2. The Morgan fingerprint density at radius 1 is 1.25 bits per heavy atom. The maximum absolute atomic E-state index is 13.6. The Hall–Kier alpha value is -3.20. The van der Waals surface area contributed by atoms with Gasteiger partial charge in [-0.3, -0.25) is 19.7 Å². The molecular formula is C18H17ClFN3O5. The molecule has 2 rings (SSSR count). The zero-order chi connectivity index (χ0) is 20.8. The normalized spacial score (nSPS) is 10.5. The molecule has 0 bridgehead atoms. The van der Waals surface area contributed by atoms with Crippen molar-refractivity contribution < 1.29 is 23.6 Å². The second kappa shape index (κ2) is 9.14. The minimum atomic E-state index is -1.07. The van der Waals surface area contributed by atoms with Gasteiger partial charge in [-0.2, -0.15) is 4.39 Å². The molecule has 148 valence electrons. The molecule has 0 unspecified atom stereocenters. The Morgan fingerprint density at radius 3 is 2.57 bits per heavy atom. The van der Waals surface area contributed by atoms with E-state index < -0.39 is 28.9 Å². The second-order valence-electron chi connectivity index (χ2n) is 6.03. The fraction of sp³-hybridized carbons (Fsp3) is 0.222. The fourth-order valence-electron chi connectivity index (χ4n) is 2.17. The SMILES string of the molecule is CC(C)NC(=O)c1ccc(Cl)c(NC(=O)COc2ccc([N+](=O)[O-])c(F)c2)c1. The lowest BCUT2D eigenvalue weighted by Crippen LogP contribution is -2.30. The van der Waals surface area contributed by atoms with Gasteiger partial charge in [0.2, 0.25) is 5.82 Å². The lowest BCUT2D eigenvalue weighted by atomic mass is 10.1. The first-order valence-corrected chi connectivity index (χ1v) is 8.52. The summed E-state index contributed by atoms with van der Waals surface area (Å²) < 4.78 is 18.7. The lowest BCUT2D eigenvalue weighted by Gasteiger charge is -2.12. The molecule has 0 fully saturated rings. The zero-order valence-electron chi connectivity index (χ0n) is 15.0. The van der Waals surface area contributed by atoms with Gasteiger partial charge in [-0.15, -0.1) is 0 Å². The average molecular weight is 410 g/mol. The van der Waals surface area contributed by atoms with Crippen LogP contribution < -0.4 is 15.4 Å². The summed E-state index contributed by atoms with van der Waals surface area (Å²) in [4.78, 5) is 33.8. The van der Waals surface area contributed by atoms with Crippen LogP contribution in [-0.2, 0) is 4.79 Å². The monoisotopic (exact) mass is 409 g/mol. The van der Waals surface area contributed by atoms with Crippen LogP contribution in [0.3, 0.4) is 0 Å². The smallest absolute Gasteiger partial charge is 0.305 e. The van der Waals surface area contributed by atoms with Crippen LogP contribution >= 0.6 is 11.6 Å². The number of rotatable bonds is 7. The Balaban J connectivity index is 2.02. The Labute approximate surface area is 164 Å². The summed E-state index contributed by atoms with van der Waals surface area (Å²) in [6.45, 7) is 3.14. The highest BCUT2D eigenvalue weighted by Crippen LogP contribution is 2.24. The maximum Gasteiger partial charge on any atom is 0.305 e. The predicted molar refractivity (Wildman–Crippen MR) is 101 cm³/mol. The van der Waals surface area contributed by atoms with E-state index in [0.29, 0.717) is 5.56 Å². The number of benzene rings is 2. The van der Waals surface area contributed by atoms with Crippen molar-refractivity contribution in [2.75, 3.05) is 11.9 Å². The summed E-state index contributed by atoms with van der Waals surface area (Å²) in [6, 6.07) is 7.29. The van der Waals surface area contributed by atoms with Crippen LogP contribution in [0, 0.1) is 15.9 Å². The van der Waals surface area contributed by atoms with Crippen molar-refractivity contribution in [3.05, 3.63) is 62.9 Å². The number of nitrogens with one attached hydrogen (secondary N) is 2. The number of carbonyl (C=O) groups excluding carboxylic acids is 2. The molecule has 0 atom stereocenters. The van der Waals surface area contributed by atoms with E-state index in [0.717, 1.165) is 12.1 Å². The first kappa shape index (κ1) is 21.1. The molecule has 0 aliphatic rings. The summed E-state index contributed by atoms with van der Waals surface area (Å²) >= 11 is 6.04. The van der Waals surface area contributed by atoms with E-state index in [9.17, 15) is 24.1 Å². The summed E-state index contributed by atoms with van der Waals surface area (Å²) in [5.41, 5.74) is -0.173. The molecule has 2 aromatic carbocycles. The van der Waals surface area contributed by atoms with Gasteiger partial charge in [-0.05, 0) is 38.1 Å². The first-order chi connectivity index (χ1) is 13.2. The predicted octanol–water partition coefficient (Wildman–Crippen LogP) is 3.54. The number of ether oxygens (including phenoxy) is 1. The van der Waals surface area contributed by atoms with Crippen molar-refractivity contribution >= 4 is 34.8 Å². The minimum absolute atomic E-state index is 0.0468. The quantitative estimate of drug-likeness (QED) is 0.536. The van der Waals surface area contributed by atoms with E-state index in [1.807, 2.05) is 13.8 Å². The van der Waals surface area contributed by atoms with Crippen LogP contribution in [0.15, 0.2) is 36.4 Å². The van der Waals surface area contributed by atoms with Crippen LogP contribution in [-0.4, -0.2) is 29.4 Å². The highest BCUT2D eigenvalue weighted by molar-refractivity contribution is 6.33. The van der Waals surface area contributed by atoms with Gasteiger partial charge in [0.1, 0.15) is 5.75 Å². The summed E-state index contributed by atoms with van der Waals surface area (Å²) in [5, 5.41) is 16.0. The Morgan fingerprint density at radius 2 is 1.96 bits per heavy atom. The molecule has 0 saturated carbocycles. The van der Waals surface area contributed by atoms with Gasteiger partial charge in [0.25, 0.3) is 11.8 Å². The first-order valence-electron chi connectivity index (χ1n) is 8.14. The molecule has 10 heteroatoms. The number of halogens is 2. The van der Waals surface area contributed by atoms with Gasteiger partial charge in [0.05, 0.1) is 15.6 Å². The van der Waals surface area contributed by atoms with Crippen molar-refractivity contribution in [3.63, 3.8) is 0 Å². The van der Waals surface area contributed by atoms with E-state index in [1.54, 1.807) is 0 Å². The van der Waals surface area contributed by atoms with Gasteiger partial charge >= 0.3 is 5.69 Å². The third-order valence-electron chi connectivity index (χ3n) is 3.41.